The van der Waals surface area contributed by atoms with Crippen molar-refractivity contribution in [3.05, 3.63) is 443 Å². The molecular formula is C105H62BN3. The van der Waals surface area contributed by atoms with E-state index in [4.69, 9.17) is 0 Å². The van der Waals surface area contributed by atoms with E-state index in [9.17, 15) is 0 Å². The smallest absolute Gasteiger partial charge is 0.252 e. The molecule has 0 N–H and O–H groups in total. The van der Waals surface area contributed by atoms with Crippen LogP contribution in [0, 0.1) is 0 Å². The summed E-state index contributed by atoms with van der Waals surface area (Å²) in [6, 6.07) is 146. The lowest BCUT2D eigenvalue weighted by atomic mass is 9.32. The Balaban J connectivity index is 0.875. The normalized spacial score (nSPS) is 15.0. The first-order valence-electron chi connectivity index (χ1n) is 38.4. The molecule has 0 saturated carbocycles. The SMILES string of the molecule is c1ccc(-c2ccc(N3c4cc(-n5c6ccccc6c6ccccc65)cc5c4B(c4ccc6c(c4N5c4cccc5c4-c4ccccc4C54c5ccccc5-c5ccccc54)C4(c5ccccc5-c5ccccc54)c4ccccc4-6)c4c3ccc3c4-c4ccccc4C34c3ccccc3-c3ccccc34)cc2)cc1. The fourth-order valence-corrected chi connectivity index (χ4v) is 22.9. The van der Waals surface area contributed by atoms with Gasteiger partial charge in [-0.25, -0.2) is 0 Å². The van der Waals surface area contributed by atoms with E-state index in [0.29, 0.717) is 0 Å². The van der Waals surface area contributed by atoms with Crippen LogP contribution in [0.4, 0.5) is 34.1 Å². The van der Waals surface area contributed by atoms with Gasteiger partial charge in [-0.2, -0.15) is 0 Å². The highest BCUT2D eigenvalue weighted by atomic mass is 15.2. The summed E-state index contributed by atoms with van der Waals surface area (Å²) >= 11 is 0. The Morgan fingerprint density at radius 3 is 1.11 bits per heavy atom. The Kier molecular flexibility index (Phi) is 11.2. The van der Waals surface area contributed by atoms with Gasteiger partial charge in [-0.15, -0.1) is 0 Å². The predicted octanol–water partition coefficient (Wildman–Crippen LogP) is 23.6. The number of hydrogen-bond acceptors (Lipinski definition) is 2. The number of rotatable bonds is 4. The summed E-state index contributed by atoms with van der Waals surface area (Å²) in [5.41, 5.74) is 45.7. The molecule has 0 saturated heterocycles. The third kappa shape index (κ3) is 6.88. The van der Waals surface area contributed by atoms with Crippen LogP contribution in [0.2, 0.25) is 0 Å². The number of fused-ring (bicyclic) bond motifs is 39. The van der Waals surface area contributed by atoms with Crippen LogP contribution in [0.15, 0.2) is 376 Å². The van der Waals surface area contributed by atoms with E-state index in [2.05, 4.69) is 390 Å². The first kappa shape index (κ1) is 58.5. The topological polar surface area (TPSA) is 11.4 Å². The molecule has 0 fully saturated rings. The number of aromatic nitrogens is 1. The van der Waals surface area contributed by atoms with Gasteiger partial charge in [-0.05, 0) is 198 Å². The molecule has 6 aliphatic carbocycles. The van der Waals surface area contributed by atoms with Crippen LogP contribution in [-0.2, 0) is 16.2 Å². The van der Waals surface area contributed by atoms with Crippen LogP contribution in [0.25, 0.3) is 105 Å². The molecule has 1 aromatic heterocycles. The quantitative estimate of drug-likeness (QED) is 0.163. The van der Waals surface area contributed by atoms with Crippen molar-refractivity contribution in [3.8, 4) is 83.6 Å². The van der Waals surface area contributed by atoms with Gasteiger partial charge in [0.1, 0.15) is 0 Å². The van der Waals surface area contributed by atoms with Gasteiger partial charge in [0.2, 0.25) is 0 Å². The molecule has 0 bridgehead atoms. The summed E-state index contributed by atoms with van der Waals surface area (Å²) < 4.78 is 2.58. The maximum absolute atomic E-state index is 2.86. The monoisotopic (exact) mass is 1380 g/mol. The van der Waals surface area contributed by atoms with E-state index >= 15 is 0 Å². The highest BCUT2D eigenvalue weighted by molar-refractivity contribution is 7.01. The first-order valence-corrected chi connectivity index (χ1v) is 38.4. The molecule has 8 aliphatic rings. The summed E-state index contributed by atoms with van der Waals surface area (Å²) in [4.78, 5) is 5.55. The lowest BCUT2D eigenvalue weighted by Gasteiger charge is -2.47. The fourth-order valence-electron chi connectivity index (χ4n) is 22.9. The van der Waals surface area contributed by atoms with Gasteiger partial charge < -0.3 is 14.4 Å². The molecule has 3 spiro atoms. The van der Waals surface area contributed by atoms with Gasteiger partial charge in [-0.1, -0.05) is 328 Å². The first-order chi connectivity index (χ1) is 54.1. The zero-order valence-corrected chi connectivity index (χ0v) is 59.2. The summed E-state index contributed by atoms with van der Waals surface area (Å²) in [5, 5.41) is 2.44. The Morgan fingerprint density at radius 1 is 0.220 bits per heavy atom. The van der Waals surface area contributed by atoms with Crippen molar-refractivity contribution in [2.24, 2.45) is 0 Å². The fraction of sp³-hybridized carbons (Fsp3) is 0.0286. The van der Waals surface area contributed by atoms with E-state index < -0.39 is 16.2 Å². The zero-order chi connectivity index (χ0) is 70.7. The molecule has 4 heteroatoms. The van der Waals surface area contributed by atoms with Gasteiger partial charge in [0.05, 0.1) is 38.7 Å². The van der Waals surface area contributed by atoms with Crippen molar-refractivity contribution in [3.63, 3.8) is 0 Å². The molecule has 500 valence electrons. The second-order valence-corrected chi connectivity index (χ2v) is 31.0. The Hall–Kier alpha value is -13.8. The number of anilines is 6. The van der Waals surface area contributed by atoms with Crippen LogP contribution in [-0.4, -0.2) is 11.3 Å². The summed E-state index contributed by atoms with van der Waals surface area (Å²) in [6.45, 7) is -0.328. The van der Waals surface area contributed by atoms with Crippen LogP contribution in [0.5, 0.6) is 0 Å². The zero-order valence-electron chi connectivity index (χ0n) is 59.2. The minimum Gasteiger partial charge on any atom is -0.311 e. The summed E-state index contributed by atoms with van der Waals surface area (Å²) in [6.07, 6.45) is 0. The van der Waals surface area contributed by atoms with Gasteiger partial charge in [0.25, 0.3) is 6.71 Å². The average Bonchev–Trinajstić information content (AvgIpc) is 1.58. The lowest BCUT2D eigenvalue weighted by molar-refractivity contribution is 0.791. The van der Waals surface area contributed by atoms with Gasteiger partial charge >= 0.3 is 0 Å². The standard InChI is InChI=1S/C105H62BN3/c1-2-27-63(28-3-1)64-53-55-65(56-54-64)107-94-60-58-89-98(78-39-12-23-48-87(78)104(89)81-42-17-6-31-69(81)70-32-7-18-43-82(70)104)101(94)106-90-59-57-76-73-35-10-21-46-85(73)105(83-44-19-8-33-71(83)72-34-9-20-45-84(72)105)99(76)102(90)109(96-62-66(61-95(107)100(96)106)108-91-50-24-13-36-74(91)75-37-14-25-51-92(75)108)93-52-26-49-88-97(93)77-38-11-22-47-86(77)103(88)79-40-15-4-29-67(79)68-30-5-16-41-80(68)103/h1-62H. The number of benzene rings is 17. The highest BCUT2D eigenvalue weighted by Crippen LogP contribution is 2.70. The Morgan fingerprint density at radius 2 is 0.606 bits per heavy atom. The minimum atomic E-state index is -0.759. The molecule has 2 aliphatic heterocycles. The van der Waals surface area contributed by atoms with E-state index in [1.54, 1.807) is 0 Å². The molecule has 0 unspecified atom stereocenters. The molecule has 0 radical (unpaired) electrons. The Labute approximate surface area is 631 Å². The molecule has 17 aromatic carbocycles. The molecule has 109 heavy (non-hydrogen) atoms. The predicted molar refractivity (Wildman–Crippen MR) is 449 cm³/mol. The number of nitrogens with zero attached hydrogens (tertiary/aromatic N) is 3. The maximum Gasteiger partial charge on any atom is 0.252 e. The Bertz CT molecular complexity index is 6950. The maximum atomic E-state index is 2.86. The van der Waals surface area contributed by atoms with Crippen LogP contribution in [0.3, 0.4) is 0 Å². The second kappa shape index (κ2) is 20.8. The van der Waals surface area contributed by atoms with E-state index in [1.807, 2.05) is 0 Å². The molecule has 26 rings (SSSR count). The van der Waals surface area contributed by atoms with Gasteiger partial charge in [0.15, 0.2) is 0 Å². The number of hydrogen-bond donors (Lipinski definition) is 0. The summed E-state index contributed by atoms with van der Waals surface area (Å²) in [7, 11) is 0. The minimum absolute atomic E-state index is 0.328. The molecule has 0 amide bonds. The largest absolute Gasteiger partial charge is 0.311 e. The van der Waals surface area contributed by atoms with E-state index in [1.165, 1.54) is 183 Å². The van der Waals surface area contributed by atoms with Crippen molar-refractivity contribution in [2.75, 3.05) is 9.80 Å². The van der Waals surface area contributed by atoms with Crippen molar-refractivity contribution < 1.29 is 0 Å². The van der Waals surface area contributed by atoms with E-state index in [0.717, 1.165) is 39.5 Å². The average molecular weight is 1380 g/mol. The van der Waals surface area contributed by atoms with E-state index in [-0.39, 0.29) is 6.71 Å². The number of para-hydroxylation sites is 2. The molecule has 0 atom stereocenters. The molecule has 18 aromatic rings. The van der Waals surface area contributed by atoms with Crippen molar-refractivity contribution in [1.82, 2.24) is 4.57 Å². The summed E-state index contributed by atoms with van der Waals surface area (Å²) in [5.74, 6) is 0. The lowest BCUT2D eigenvalue weighted by Crippen LogP contribution is -2.62. The van der Waals surface area contributed by atoms with Crippen LogP contribution in [0.1, 0.15) is 66.8 Å². The third-order valence-electron chi connectivity index (χ3n) is 26.6. The molecular weight excluding hydrogens is 1310 g/mol. The van der Waals surface area contributed by atoms with Crippen molar-refractivity contribution in [2.45, 2.75) is 16.2 Å². The molecule has 3 heterocycles. The van der Waals surface area contributed by atoms with Crippen LogP contribution < -0.4 is 26.2 Å². The highest BCUT2D eigenvalue weighted by Gasteiger charge is 2.60. The van der Waals surface area contributed by atoms with Gasteiger partial charge in [0, 0.05) is 50.3 Å². The molecule has 3 nitrogen and oxygen atoms in total. The van der Waals surface area contributed by atoms with Crippen molar-refractivity contribution in [1.29, 1.82) is 0 Å². The second-order valence-electron chi connectivity index (χ2n) is 31.0. The van der Waals surface area contributed by atoms with Crippen LogP contribution >= 0.6 is 0 Å². The van der Waals surface area contributed by atoms with Gasteiger partial charge in [-0.3, -0.25) is 0 Å². The van der Waals surface area contributed by atoms with Crippen molar-refractivity contribution >= 4 is 79.0 Å². The third-order valence-corrected chi connectivity index (χ3v) is 26.6.